The van der Waals surface area contributed by atoms with E-state index in [-0.39, 0.29) is 17.9 Å². The van der Waals surface area contributed by atoms with E-state index in [1.165, 1.54) is 0 Å². The standard InChI is InChI=1S/C25H25IN2O4S/c26-22-10-12-23(13-11-22)33(31,32)28-16-14-19-5-3-6-20(17-19)24(8-1-2-9-25(29)30)21-7-4-15-27-18-21/h3-8,10-13,15,17-18,28H,1-2,9,14,16H2,(H,29,30)/b24-8-. The predicted octanol–water partition coefficient (Wildman–Crippen LogP) is 4.89. The summed E-state index contributed by atoms with van der Waals surface area (Å²) in [4.78, 5) is 15.3. The molecule has 0 saturated carbocycles. The lowest BCUT2D eigenvalue weighted by atomic mass is 9.95. The van der Waals surface area contributed by atoms with Crippen LogP contribution in [-0.2, 0) is 21.2 Å². The first-order valence-electron chi connectivity index (χ1n) is 10.5. The second-order valence-electron chi connectivity index (χ2n) is 7.45. The van der Waals surface area contributed by atoms with Crippen LogP contribution >= 0.6 is 22.6 Å². The number of carboxylic acid groups (broad SMARTS) is 1. The summed E-state index contributed by atoms with van der Waals surface area (Å²) in [6, 6.07) is 18.5. The summed E-state index contributed by atoms with van der Waals surface area (Å²) in [5.41, 5.74) is 3.91. The molecule has 33 heavy (non-hydrogen) atoms. The molecule has 1 heterocycles. The second kappa shape index (κ2) is 12.1. The molecule has 3 aromatic rings. The van der Waals surface area contributed by atoms with Crippen LogP contribution < -0.4 is 4.72 Å². The Morgan fingerprint density at radius 3 is 2.52 bits per heavy atom. The van der Waals surface area contributed by atoms with E-state index >= 15 is 0 Å². The molecule has 1 aromatic heterocycles. The van der Waals surface area contributed by atoms with Crippen molar-refractivity contribution in [3.05, 3.63) is 99.4 Å². The summed E-state index contributed by atoms with van der Waals surface area (Å²) in [5, 5.41) is 8.89. The Kier molecular flexibility index (Phi) is 9.16. The van der Waals surface area contributed by atoms with Gasteiger partial charge in [-0.3, -0.25) is 9.78 Å². The molecule has 0 amide bonds. The van der Waals surface area contributed by atoms with Crippen molar-refractivity contribution < 1.29 is 18.3 Å². The van der Waals surface area contributed by atoms with Gasteiger partial charge in [0.25, 0.3) is 0 Å². The van der Waals surface area contributed by atoms with E-state index in [9.17, 15) is 13.2 Å². The highest BCUT2D eigenvalue weighted by molar-refractivity contribution is 14.1. The predicted molar refractivity (Wildman–Crippen MR) is 137 cm³/mol. The van der Waals surface area contributed by atoms with Crippen molar-refractivity contribution in [1.82, 2.24) is 9.71 Å². The van der Waals surface area contributed by atoms with Crippen LogP contribution in [0.2, 0.25) is 0 Å². The molecule has 0 spiro atoms. The molecule has 2 aromatic carbocycles. The van der Waals surface area contributed by atoms with Gasteiger partial charge in [0, 0.05) is 34.5 Å². The lowest BCUT2D eigenvalue weighted by molar-refractivity contribution is -0.137. The smallest absolute Gasteiger partial charge is 0.303 e. The lowest BCUT2D eigenvalue weighted by Crippen LogP contribution is -2.26. The van der Waals surface area contributed by atoms with Crippen molar-refractivity contribution in [2.75, 3.05) is 6.54 Å². The van der Waals surface area contributed by atoms with E-state index in [2.05, 4.69) is 32.3 Å². The van der Waals surface area contributed by atoms with Gasteiger partial charge in [0.05, 0.1) is 4.90 Å². The van der Waals surface area contributed by atoms with Crippen molar-refractivity contribution in [3.8, 4) is 0 Å². The van der Waals surface area contributed by atoms with Crippen LogP contribution in [0.5, 0.6) is 0 Å². The monoisotopic (exact) mass is 576 g/mol. The highest BCUT2D eigenvalue weighted by atomic mass is 127. The molecule has 0 atom stereocenters. The van der Waals surface area contributed by atoms with Gasteiger partial charge in [0.2, 0.25) is 10.0 Å². The Hall–Kier alpha value is -2.56. The van der Waals surface area contributed by atoms with Gasteiger partial charge in [0.15, 0.2) is 0 Å². The summed E-state index contributed by atoms with van der Waals surface area (Å²) in [7, 11) is -3.56. The molecule has 0 bridgehead atoms. The van der Waals surface area contributed by atoms with Gasteiger partial charge in [-0.05, 0) is 88.9 Å². The molecule has 2 N–H and O–H groups in total. The maximum Gasteiger partial charge on any atom is 0.303 e. The number of nitrogens with zero attached hydrogens (tertiary/aromatic N) is 1. The van der Waals surface area contributed by atoms with Gasteiger partial charge >= 0.3 is 5.97 Å². The lowest BCUT2D eigenvalue weighted by Gasteiger charge is -2.11. The number of aliphatic carboxylic acids is 1. The number of unbranched alkanes of at least 4 members (excludes halogenated alkanes) is 1. The number of hydrogen-bond acceptors (Lipinski definition) is 4. The van der Waals surface area contributed by atoms with Crippen molar-refractivity contribution in [2.24, 2.45) is 0 Å². The van der Waals surface area contributed by atoms with E-state index < -0.39 is 16.0 Å². The number of allylic oxidation sites excluding steroid dienone is 1. The molecule has 0 aliphatic rings. The summed E-state index contributed by atoms with van der Waals surface area (Å²) < 4.78 is 28.7. The van der Waals surface area contributed by atoms with Gasteiger partial charge in [-0.25, -0.2) is 13.1 Å². The van der Waals surface area contributed by atoms with Crippen LogP contribution in [0, 0.1) is 3.57 Å². The molecule has 0 unspecified atom stereocenters. The van der Waals surface area contributed by atoms with E-state index in [0.29, 0.717) is 19.3 Å². The van der Waals surface area contributed by atoms with Crippen LogP contribution in [0.1, 0.15) is 36.0 Å². The Morgan fingerprint density at radius 2 is 1.82 bits per heavy atom. The molecular formula is C25H25IN2O4S. The van der Waals surface area contributed by atoms with Gasteiger partial charge in [-0.1, -0.05) is 36.4 Å². The van der Waals surface area contributed by atoms with Crippen LogP contribution in [0.15, 0.2) is 84.0 Å². The molecule has 0 saturated heterocycles. The molecule has 0 fully saturated rings. The fourth-order valence-corrected chi connectivity index (χ4v) is 4.74. The average molecular weight is 576 g/mol. The maximum atomic E-state index is 12.5. The van der Waals surface area contributed by atoms with Gasteiger partial charge in [-0.15, -0.1) is 0 Å². The molecular weight excluding hydrogens is 551 g/mol. The van der Waals surface area contributed by atoms with Crippen molar-refractivity contribution in [2.45, 2.75) is 30.6 Å². The van der Waals surface area contributed by atoms with E-state index in [0.717, 1.165) is 25.8 Å². The molecule has 0 aliphatic carbocycles. The van der Waals surface area contributed by atoms with Crippen LogP contribution in [0.3, 0.4) is 0 Å². The molecule has 0 radical (unpaired) electrons. The number of aromatic nitrogens is 1. The number of hydrogen-bond donors (Lipinski definition) is 2. The zero-order chi connectivity index (χ0) is 23.7. The van der Waals surface area contributed by atoms with Gasteiger partial charge in [-0.2, -0.15) is 0 Å². The highest BCUT2D eigenvalue weighted by Gasteiger charge is 2.13. The van der Waals surface area contributed by atoms with E-state index in [1.807, 2.05) is 42.5 Å². The zero-order valence-electron chi connectivity index (χ0n) is 17.9. The number of nitrogens with one attached hydrogen (secondary N) is 1. The maximum absolute atomic E-state index is 12.5. The molecule has 6 nitrogen and oxygen atoms in total. The topological polar surface area (TPSA) is 96.4 Å². The largest absolute Gasteiger partial charge is 0.481 e. The molecule has 3 rings (SSSR count). The van der Waals surface area contributed by atoms with Crippen LogP contribution in [-0.4, -0.2) is 31.0 Å². The molecule has 0 aliphatic heterocycles. The minimum absolute atomic E-state index is 0.123. The fourth-order valence-electron chi connectivity index (χ4n) is 3.35. The fraction of sp³-hybridized carbons (Fsp3) is 0.200. The van der Waals surface area contributed by atoms with Crippen molar-refractivity contribution in [3.63, 3.8) is 0 Å². The van der Waals surface area contributed by atoms with E-state index in [1.54, 1.807) is 36.7 Å². The average Bonchev–Trinajstić information content (AvgIpc) is 2.80. The number of halogens is 1. The number of benzene rings is 2. The third kappa shape index (κ3) is 7.76. The zero-order valence-corrected chi connectivity index (χ0v) is 20.9. The first-order chi connectivity index (χ1) is 15.8. The minimum atomic E-state index is -3.56. The second-order valence-corrected chi connectivity index (χ2v) is 10.5. The number of rotatable bonds is 11. The number of carboxylic acids is 1. The molecule has 172 valence electrons. The van der Waals surface area contributed by atoms with Crippen LogP contribution in [0.25, 0.3) is 5.57 Å². The Bertz CT molecular complexity index is 1210. The van der Waals surface area contributed by atoms with Gasteiger partial charge < -0.3 is 5.11 Å². The first-order valence-corrected chi connectivity index (χ1v) is 13.1. The Labute approximate surface area is 208 Å². The highest BCUT2D eigenvalue weighted by Crippen LogP contribution is 2.25. The number of sulfonamides is 1. The normalized spacial score (nSPS) is 12.0. The van der Waals surface area contributed by atoms with Crippen LogP contribution in [0.4, 0.5) is 0 Å². The third-order valence-electron chi connectivity index (χ3n) is 4.98. The quantitative estimate of drug-likeness (QED) is 0.250. The van der Waals surface area contributed by atoms with Gasteiger partial charge in [0.1, 0.15) is 0 Å². The summed E-state index contributed by atoms with van der Waals surface area (Å²) in [5.74, 6) is -0.805. The number of pyridine rings is 1. The summed E-state index contributed by atoms with van der Waals surface area (Å²) >= 11 is 2.14. The summed E-state index contributed by atoms with van der Waals surface area (Å²) in [6.07, 6.45) is 7.38. The van der Waals surface area contributed by atoms with Crippen molar-refractivity contribution in [1.29, 1.82) is 0 Å². The van der Waals surface area contributed by atoms with E-state index in [4.69, 9.17) is 5.11 Å². The SMILES string of the molecule is O=C(O)CCC/C=C(\c1cccnc1)c1cccc(CCNS(=O)(=O)c2ccc(I)cc2)c1. The number of carbonyl (C=O) groups is 1. The summed E-state index contributed by atoms with van der Waals surface area (Å²) in [6.45, 7) is 0.280. The third-order valence-corrected chi connectivity index (χ3v) is 7.18. The van der Waals surface area contributed by atoms with Crippen molar-refractivity contribution >= 4 is 44.2 Å². The minimum Gasteiger partial charge on any atom is -0.481 e. The first kappa shape index (κ1) is 25.1. The Balaban J connectivity index is 1.72. The Morgan fingerprint density at radius 1 is 1.06 bits per heavy atom. The molecule has 8 heteroatoms.